The number of esters is 1. The van der Waals surface area contributed by atoms with Crippen molar-refractivity contribution >= 4 is 5.97 Å². The van der Waals surface area contributed by atoms with Crippen LogP contribution in [-0.2, 0) is 4.74 Å². The van der Waals surface area contributed by atoms with E-state index >= 15 is 0 Å². The van der Waals surface area contributed by atoms with Gasteiger partial charge in [-0.2, -0.15) is 0 Å². The van der Waals surface area contributed by atoms with Gasteiger partial charge in [0.25, 0.3) is 0 Å². The van der Waals surface area contributed by atoms with Crippen molar-refractivity contribution in [2.24, 2.45) is 0 Å². The minimum atomic E-state index is -0.579. The summed E-state index contributed by atoms with van der Waals surface area (Å²) in [7, 11) is 0. The Morgan fingerprint density at radius 3 is 2.71 bits per heavy atom. The Kier molecular flexibility index (Phi) is 3.34. The van der Waals surface area contributed by atoms with Gasteiger partial charge in [0.2, 0.25) is 0 Å². The van der Waals surface area contributed by atoms with Crippen molar-refractivity contribution in [3.05, 3.63) is 23.8 Å². The maximum Gasteiger partial charge on any atom is 0.341 e. The maximum absolute atomic E-state index is 11.3. The lowest BCUT2D eigenvalue weighted by Crippen LogP contribution is -2.05. The summed E-state index contributed by atoms with van der Waals surface area (Å²) < 4.78 is 4.82. The Morgan fingerprint density at radius 1 is 1.43 bits per heavy atom. The molecule has 4 heteroatoms. The summed E-state index contributed by atoms with van der Waals surface area (Å²) in [6, 6.07) is 3.74. The first-order valence-electron chi connectivity index (χ1n) is 4.34. The molecule has 0 bridgehead atoms. The van der Waals surface area contributed by atoms with Gasteiger partial charge in [-0.15, -0.1) is 0 Å². The molecule has 0 aliphatic carbocycles. The van der Waals surface area contributed by atoms with Gasteiger partial charge in [0.05, 0.1) is 6.61 Å². The Bertz CT molecular complexity index is 333. The highest BCUT2D eigenvalue weighted by Gasteiger charge is 2.12. The Hall–Kier alpha value is -1.71. The largest absolute Gasteiger partial charge is 0.508 e. The Labute approximate surface area is 81.8 Å². The fraction of sp³-hybridized carbons (Fsp3) is 0.300. The minimum Gasteiger partial charge on any atom is -0.508 e. The highest BCUT2D eigenvalue weighted by molar-refractivity contribution is 5.92. The molecular formula is C10H12O4. The van der Waals surface area contributed by atoms with Gasteiger partial charge < -0.3 is 14.9 Å². The van der Waals surface area contributed by atoms with Gasteiger partial charge in [0.15, 0.2) is 0 Å². The molecule has 0 saturated carbocycles. The van der Waals surface area contributed by atoms with Crippen molar-refractivity contribution in [3.8, 4) is 11.5 Å². The quantitative estimate of drug-likeness (QED) is 0.721. The second kappa shape index (κ2) is 4.50. The zero-order valence-electron chi connectivity index (χ0n) is 7.86. The highest BCUT2D eigenvalue weighted by atomic mass is 16.5. The summed E-state index contributed by atoms with van der Waals surface area (Å²) in [5.74, 6) is -0.940. The third-order valence-electron chi connectivity index (χ3n) is 1.64. The van der Waals surface area contributed by atoms with Crippen LogP contribution in [0.1, 0.15) is 23.7 Å². The average Bonchev–Trinajstić information content (AvgIpc) is 2.14. The molecule has 0 saturated heterocycles. The number of hydrogen-bond acceptors (Lipinski definition) is 4. The lowest BCUT2D eigenvalue weighted by Gasteiger charge is -2.04. The van der Waals surface area contributed by atoms with Crippen LogP contribution in [0.2, 0.25) is 0 Å². The Morgan fingerprint density at radius 2 is 2.14 bits per heavy atom. The summed E-state index contributed by atoms with van der Waals surface area (Å²) in [4.78, 5) is 11.3. The number of aromatic hydroxyl groups is 2. The smallest absolute Gasteiger partial charge is 0.341 e. The standard InChI is InChI=1S/C10H12O4/c1-2-5-14-10(13)8-4-3-7(11)6-9(8)12/h3-4,6,11-12H,2,5H2,1H3. The van der Waals surface area contributed by atoms with E-state index in [9.17, 15) is 9.90 Å². The topological polar surface area (TPSA) is 66.8 Å². The van der Waals surface area contributed by atoms with Crippen LogP contribution in [0, 0.1) is 0 Å². The number of carbonyl (C=O) groups is 1. The normalized spacial score (nSPS) is 9.79. The van der Waals surface area contributed by atoms with Crippen molar-refractivity contribution in [1.82, 2.24) is 0 Å². The minimum absolute atomic E-state index is 0.0660. The van der Waals surface area contributed by atoms with Crippen molar-refractivity contribution in [1.29, 1.82) is 0 Å². The molecule has 0 radical (unpaired) electrons. The van der Waals surface area contributed by atoms with Gasteiger partial charge in [0, 0.05) is 6.07 Å². The van der Waals surface area contributed by atoms with E-state index in [1.54, 1.807) is 0 Å². The average molecular weight is 196 g/mol. The first-order chi connectivity index (χ1) is 6.65. The summed E-state index contributed by atoms with van der Waals surface area (Å²) in [6.45, 7) is 2.20. The number of ether oxygens (including phenoxy) is 1. The first kappa shape index (κ1) is 10.4. The Balaban J connectivity index is 2.80. The molecular weight excluding hydrogens is 184 g/mol. The summed E-state index contributed by atoms with van der Waals surface area (Å²) in [6.07, 6.45) is 0.727. The molecule has 0 amide bonds. The SMILES string of the molecule is CCCOC(=O)c1ccc(O)cc1O. The summed E-state index contributed by atoms with van der Waals surface area (Å²) in [5, 5.41) is 18.3. The van der Waals surface area contributed by atoms with Gasteiger partial charge in [-0.3, -0.25) is 0 Å². The lowest BCUT2D eigenvalue weighted by atomic mass is 10.2. The van der Waals surface area contributed by atoms with Gasteiger partial charge in [-0.1, -0.05) is 6.92 Å². The fourth-order valence-corrected chi connectivity index (χ4v) is 0.965. The first-order valence-corrected chi connectivity index (χ1v) is 4.34. The molecule has 0 spiro atoms. The molecule has 76 valence electrons. The van der Waals surface area contributed by atoms with Crippen LogP contribution in [0.3, 0.4) is 0 Å². The molecule has 0 fully saturated rings. The van der Waals surface area contributed by atoms with Crippen LogP contribution in [0.15, 0.2) is 18.2 Å². The highest BCUT2D eigenvalue weighted by Crippen LogP contribution is 2.23. The molecule has 0 aromatic heterocycles. The molecule has 0 aliphatic rings. The third-order valence-corrected chi connectivity index (χ3v) is 1.64. The van der Waals surface area contributed by atoms with Gasteiger partial charge in [-0.05, 0) is 18.6 Å². The molecule has 1 aromatic carbocycles. The maximum atomic E-state index is 11.3. The molecule has 0 unspecified atom stereocenters. The van der Waals surface area contributed by atoms with Crippen molar-refractivity contribution in [2.75, 3.05) is 6.61 Å². The molecule has 1 aromatic rings. The van der Waals surface area contributed by atoms with E-state index in [1.807, 2.05) is 6.92 Å². The van der Waals surface area contributed by atoms with E-state index in [4.69, 9.17) is 9.84 Å². The summed E-state index contributed by atoms with van der Waals surface area (Å²) >= 11 is 0. The molecule has 14 heavy (non-hydrogen) atoms. The van der Waals surface area contributed by atoms with E-state index in [1.165, 1.54) is 12.1 Å². The number of rotatable bonds is 3. The number of benzene rings is 1. The van der Waals surface area contributed by atoms with Crippen molar-refractivity contribution < 1.29 is 19.7 Å². The second-order valence-corrected chi connectivity index (χ2v) is 2.84. The number of hydrogen-bond donors (Lipinski definition) is 2. The van der Waals surface area contributed by atoms with E-state index in [0.717, 1.165) is 12.5 Å². The lowest BCUT2D eigenvalue weighted by molar-refractivity contribution is 0.0502. The fourth-order valence-electron chi connectivity index (χ4n) is 0.965. The van der Waals surface area contributed by atoms with Crippen LogP contribution >= 0.6 is 0 Å². The number of phenolic OH excluding ortho intramolecular Hbond substituents is 2. The number of carbonyl (C=O) groups excluding carboxylic acids is 1. The van der Waals surface area contributed by atoms with Crippen LogP contribution in [-0.4, -0.2) is 22.8 Å². The molecule has 0 atom stereocenters. The monoisotopic (exact) mass is 196 g/mol. The van der Waals surface area contributed by atoms with Crippen LogP contribution in [0.5, 0.6) is 11.5 Å². The van der Waals surface area contributed by atoms with Crippen LogP contribution in [0.25, 0.3) is 0 Å². The summed E-state index contributed by atoms with van der Waals surface area (Å²) in [5.41, 5.74) is 0.0660. The predicted octanol–water partition coefficient (Wildman–Crippen LogP) is 1.66. The third kappa shape index (κ3) is 2.39. The second-order valence-electron chi connectivity index (χ2n) is 2.84. The van der Waals surface area contributed by atoms with E-state index in [2.05, 4.69) is 0 Å². The van der Waals surface area contributed by atoms with E-state index in [-0.39, 0.29) is 17.1 Å². The molecule has 4 nitrogen and oxygen atoms in total. The molecule has 2 N–H and O–H groups in total. The van der Waals surface area contributed by atoms with E-state index in [0.29, 0.717) is 6.61 Å². The number of phenols is 2. The van der Waals surface area contributed by atoms with Crippen LogP contribution in [0.4, 0.5) is 0 Å². The van der Waals surface area contributed by atoms with Gasteiger partial charge >= 0.3 is 5.97 Å². The van der Waals surface area contributed by atoms with E-state index < -0.39 is 5.97 Å². The predicted molar refractivity (Wildman–Crippen MR) is 50.3 cm³/mol. The van der Waals surface area contributed by atoms with Crippen molar-refractivity contribution in [2.45, 2.75) is 13.3 Å². The molecule has 0 aliphatic heterocycles. The van der Waals surface area contributed by atoms with Gasteiger partial charge in [0.1, 0.15) is 17.1 Å². The zero-order valence-corrected chi connectivity index (χ0v) is 7.86. The molecule has 0 heterocycles. The van der Waals surface area contributed by atoms with Crippen molar-refractivity contribution in [3.63, 3.8) is 0 Å². The zero-order chi connectivity index (χ0) is 10.6. The van der Waals surface area contributed by atoms with Crippen LogP contribution < -0.4 is 0 Å². The van der Waals surface area contributed by atoms with Gasteiger partial charge in [-0.25, -0.2) is 4.79 Å². The molecule has 1 rings (SSSR count).